The molecule has 4 heterocycles. The summed E-state index contributed by atoms with van der Waals surface area (Å²) < 4.78 is 7.74. The van der Waals surface area contributed by atoms with Crippen LogP contribution in [0.4, 0.5) is 0 Å². The monoisotopic (exact) mass is 347 g/mol. The SMILES string of the molecule is Cn1ccnc1C(=O)N[C@@H]1CN(Cc2nccs2)[C@@H]2CCCO[C@@H]21. The predicted octanol–water partition coefficient (Wildman–Crippen LogP) is 1.04. The molecule has 0 aliphatic carbocycles. The van der Waals surface area contributed by atoms with Gasteiger partial charge >= 0.3 is 0 Å². The van der Waals surface area contributed by atoms with Crippen LogP contribution in [0.2, 0.25) is 0 Å². The summed E-state index contributed by atoms with van der Waals surface area (Å²) in [6.45, 7) is 2.36. The molecular formula is C16H21N5O2S. The van der Waals surface area contributed by atoms with E-state index in [9.17, 15) is 4.79 Å². The third kappa shape index (κ3) is 2.97. The molecule has 2 aromatic heterocycles. The first-order chi connectivity index (χ1) is 11.7. The van der Waals surface area contributed by atoms with Gasteiger partial charge in [-0.2, -0.15) is 0 Å². The Morgan fingerprint density at radius 1 is 1.46 bits per heavy atom. The molecule has 2 aliphatic rings. The van der Waals surface area contributed by atoms with Gasteiger partial charge in [0.1, 0.15) is 5.01 Å². The molecule has 0 bridgehead atoms. The highest BCUT2D eigenvalue weighted by atomic mass is 32.1. The number of likely N-dealkylation sites (tertiary alicyclic amines) is 1. The second-order valence-corrected chi connectivity index (χ2v) is 7.32. The Bertz CT molecular complexity index is 701. The summed E-state index contributed by atoms with van der Waals surface area (Å²) in [6, 6.07) is 0.328. The highest BCUT2D eigenvalue weighted by Crippen LogP contribution is 2.30. The summed E-state index contributed by atoms with van der Waals surface area (Å²) in [6.07, 6.45) is 7.46. The first-order valence-corrected chi connectivity index (χ1v) is 9.12. The van der Waals surface area contributed by atoms with Crippen molar-refractivity contribution in [2.45, 2.75) is 37.6 Å². The zero-order chi connectivity index (χ0) is 16.5. The minimum absolute atomic E-state index is 0.0144. The third-order valence-corrected chi connectivity index (χ3v) is 5.56. The quantitative estimate of drug-likeness (QED) is 0.895. The second kappa shape index (κ2) is 6.62. The topological polar surface area (TPSA) is 72.3 Å². The van der Waals surface area contributed by atoms with Crippen molar-refractivity contribution in [1.82, 2.24) is 24.8 Å². The van der Waals surface area contributed by atoms with E-state index in [2.05, 4.69) is 20.2 Å². The number of carbonyl (C=O) groups is 1. The molecule has 0 saturated carbocycles. The van der Waals surface area contributed by atoms with Crippen molar-refractivity contribution >= 4 is 17.2 Å². The highest BCUT2D eigenvalue weighted by molar-refractivity contribution is 7.09. The lowest BCUT2D eigenvalue weighted by molar-refractivity contribution is -0.0211. The molecule has 1 amide bonds. The number of nitrogens with zero attached hydrogens (tertiary/aromatic N) is 4. The van der Waals surface area contributed by atoms with Gasteiger partial charge in [0.15, 0.2) is 5.82 Å². The van der Waals surface area contributed by atoms with Crippen molar-refractivity contribution in [3.05, 3.63) is 34.8 Å². The number of amides is 1. The van der Waals surface area contributed by atoms with E-state index in [1.807, 2.05) is 18.6 Å². The fourth-order valence-corrected chi connectivity index (χ4v) is 4.33. The van der Waals surface area contributed by atoms with E-state index in [-0.39, 0.29) is 18.1 Å². The van der Waals surface area contributed by atoms with Crippen LogP contribution in [0.25, 0.3) is 0 Å². The molecule has 7 nitrogen and oxygen atoms in total. The highest BCUT2D eigenvalue weighted by Gasteiger charge is 2.44. The fourth-order valence-electron chi connectivity index (χ4n) is 3.69. The molecule has 128 valence electrons. The van der Waals surface area contributed by atoms with E-state index in [0.29, 0.717) is 11.9 Å². The minimum Gasteiger partial charge on any atom is -0.374 e. The lowest BCUT2D eigenvalue weighted by atomic mass is 10.0. The number of hydrogen-bond acceptors (Lipinski definition) is 6. The van der Waals surface area contributed by atoms with E-state index in [1.54, 1.807) is 28.3 Å². The van der Waals surface area contributed by atoms with Gasteiger partial charge in [-0.1, -0.05) is 0 Å². The molecular weight excluding hydrogens is 326 g/mol. The van der Waals surface area contributed by atoms with Crippen molar-refractivity contribution < 1.29 is 9.53 Å². The lowest BCUT2D eigenvalue weighted by Gasteiger charge is -2.32. The van der Waals surface area contributed by atoms with Crippen LogP contribution in [0, 0.1) is 0 Å². The number of thiazole rings is 1. The Hall–Kier alpha value is -1.77. The van der Waals surface area contributed by atoms with Crippen molar-refractivity contribution in [2.75, 3.05) is 13.2 Å². The Morgan fingerprint density at radius 2 is 2.38 bits per heavy atom. The second-order valence-electron chi connectivity index (χ2n) is 6.34. The molecule has 0 radical (unpaired) electrons. The number of aryl methyl sites for hydroxylation is 1. The standard InChI is InChI=1S/C16H21N5O2S/c1-20-6-4-18-15(20)16(22)19-11-9-21(10-13-17-5-8-24-13)12-3-2-7-23-14(11)12/h4-6,8,11-12,14H,2-3,7,9-10H2,1H3,(H,19,22)/t11-,12-,14-/m1/s1. The number of ether oxygens (including phenoxy) is 1. The van der Waals surface area contributed by atoms with Crippen LogP contribution in [-0.2, 0) is 18.3 Å². The van der Waals surface area contributed by atoms with Crippen molar-refractivity contribution in [1.29, 1.82) is 0 Å². The van der Waals surface area contributed by atoms with Crippen molar-refractivity contribution in [2.24, 2.45) is 7.05 Å². The van der Waals surface area contributed by atoms with Crippen LogP contribution < -0.4 is 5.32 Å². The average molecular weight is 347 g/mol. The number of nitrogens with one attached hydrogen (secondary N) is 1. The first kappa shape index (κ1) is 15.7. The molecule has 2 saturated heterocycles. The average Bonchev–Trinajstić information content (AvgIpc) is 3.30. The maximum absolute atomic E-state index is 12.5. The Kier molecular flexibility index (Phi) is 4.34. The molecule has 4 rings (SSSR count). The van der Waals surface area contributed by atoms with Crippen molar-refractivity contribution in [3.63, 3.8) is 0 Å². The molecule has 0 aromatic carbocycles. The van der Waals surface area contributed by atoms with Crippen LogP contribution in [0.3, 0.4) is 0 Å². The smallest absolute Gasteiger partial charge is 0.287 e. The van der Waals surface area contributed by atoms with Gasteiger partial charge in [0.2, 0.25) is 0 Å². The number of carbonyl (C=O) groups excluding carboxylic acids is 1. The van der Waals surface area contributed by atoms with E-state index in [0.717, 1.165) is 37.5 Å². The summed E-state index contributed by atoms with van der Waals surface area (Å²) in [5.41, 5.74) is 0. The molecule has 24 heavy (non-hydrogen) atoms. The zero-order valence-electron chi connectivity index (χ0n) is 13.6. The molecule has 8 heteroatoms. The van der Waals surface area contributed by atoms with E-state index < -0.39 is 0 Å². The summed E-state index contributed by atoms with van der Waals surface area (Å²) in [5.74, 6) is 0.289. The number of rotatable bonds is 4. The van der Waals surface area contributed by atoms with Gasteiger partial charge in [0, 0.05) is 50.2 Å². The first-order valence-electron chi connectivity index (χ1n) is 8.24. The van der Waals surface area contributed by atoms with Crippen LogP contribution in [0.5, 0.6) is 0 Å². The Morgan fingerprint density at radius 3 is 3.12 bits per heavy atom. The van der Waals surface area contributed by atoms with E-state index in [4.69, 9.17) is 4.74 Å². The van der Waals surface area contributed by atoms with E-state index in [1.165, 1.54) is 0 Å². The maximum Gasteiger partial charge on any atom is 0.287 e. The van der Waals surface area contributed by atoms with Gasteiger partial charge in [-0.25, -0.2) is 9.97 Å². The molecule has 0 unspecified atom stereocenters. The summed E-state index contributed by atoms with van der Waals surface area (Å²) >= 11 is 1.67. The van der Waals surface area contributed by atoms with Crippen LogP contribution in [-0.4, -0.2) is 56.7 Å². The Balaban J connectivity index is 1.48. The summed E-state index contributed by atoms with van der Waals surface area (Å²) in [4.78, 5) is 23.4. The number of hydrogen-bond donors (Lipinski definition) is 1. The van der Waals surface area contributed by atoms with Crippen molar-refractivity contribution in [3.8, 4) is 0 Å². The fraction of sp³-hybridized carbons (Fsp3) is 0.562. The molecule has 3 atom stereocenters. The predicted molar refractivity (Wildman–Crippen MR) is 89.7 cm³/mol. The summed E-state index contributed by atoms with van der Waals surface area (Å²) in [5, 5.41) is 6.23. The van der Waals surface area contributed by atoms with Gasteiger partial charge in [0.05, 0.1) is 18.7 Å². The molecule has 1 N–H and O–H groups in total. The molecule has 2 aromatic rings. The normalized spacial score (nSPS) is 27.1. The van der Waals surface area contributed by atoms with Crippen LogP contribution >= 0.6 is 11.3 Å². The van der Waals surface area contributed by atoms with Crippen LogP contribution in [0.1, 0.15) is 28.5 Å². The zero-order valence-corrected chi connectivity index (χ0v) is 14.4. The minimum atomic E-state index is -0.142. The third-order valence-electron chi connectivity index (χ3n) is 4.79. The lowest BCUT2D eigenvalue weighted by Crippen LogP contribution is -2.48. The number of fused-ring (bicyclic) bond motifs is 1. The van der Waals surface area contributed by atoms with Gasteiger partial charge < -0.3 is 14.6 Å². The van der Waals surface area contributed by atoms with Gasteiger partial charge in [-0.15, -0.1) is 11.3 Å². The Labute approximate surface area is 144 Å². The van der Waals surface area contributed by atoms with E-state index >= 15 is 0 Å². The van der Waals surface area contributed by atoms with Crippen LogP contribution in [0.15, 0.2) is 24.0 Å². The molecule has 2 aliphatic heterocycles. The molecule has 0 spiro atoms. The number of imidazole rings is 1. The maximum atomic E-state index is 12.5. The summed E-state index contributed by atoms with van der Waals surface area (Å²) in [7, 11) is 1.82. The van der Waals surface area contributed by atoms with Gasteiger partial charge in [-0.05, 0) is 12.8 Å². The van der Waals surface area contributed by atoms with Gasteiger partial charge in [-0.3, -0.25) is 9.69 Å². The van der Waals surface area contributed by atoms with Gasteiger partial charge in [0.25, 0.3) is 5.91 Å². The largest absolute Gasteiger partial charge is 0.374 e. The molecule has 2 fully saturated rings. The number of aromatic nitrogens is 3.